The Morgan fingerprint density at radius 2 is 1.89 bits per heavy atom. The number of hydrogen-bond acceptors (Lipinski definition) is 3. The Morgan fingerprint density at radius 3 is 2.53 bits per heavy atom. The minimum atomic E-state index is 0.110. The van der Waals surface area contributed by atoms with Crippen molar-refractivity contribution in [1.29, 1.82) is 0 Å². The lowest BCUT2D eigenvalue weighted by Gasteiger charge is -2.47. The lowest BCUT2D eigenvalue weighted by atomic mass is 9.90. The van der Waals surface area contributed by atoms with Gasteiger partial charge >= 0.3 is 0 Å². The number of anilines is 2. The van der Waals surface area contributed by atoms with Gasteiger partial charge in [0.1, 0.15) is 0 Å². The molecule has 1 heterocycles. The highest BCUT2D eigenvalue weighted by atomic mass is 15.3. The van der Waals surface area contributed by atoms with Crippen LogP contribution in [0.1, 0.15) is 26.2 Å². The molecule has 104 valence electrons. The van der Waals surface area contributed by atoms with Crippen LogP contribution in [0.15, 0.2) is 24.3 Å². The minimum Gasteiger partial charge on any atom is -0.371 e. The maximum atomic E-state index is 6.15. The zero-order valence-electron chi connectivity index (χ0n) is 12.1. The molecule has 0 bridgehead atoms. The van der Waals surface area contributed by atoms with E-state index in [4.69, 9.17) is 5.73 Å². The molecule has 1 atom stereocenters. The molecule has 3 rings (SSSR count). The minimum absolute atomic E-state index is 0.110. The highest BCUT2D eigenvalue weighted by molar-refractivity contribution is 5.74. The average Bonchev–Trinajstić information content (AvgIpc) is 3.23. The quantitative estimate of drug-likeness (QED) is 0.901. The summed E-state index contributed by atoms with van der Waals surface area (Å²) in [7, 11) is 2.18. The van der Waals surface area contributed by atoms with Gasteiger partial charge in [0, 0.05) is 32.2 Å². The number of nitrogens with two attached hydrogens (primary N) is 1. The molecule has 1 aliphatic heterocycles. The first-order valence-corrected chi connectivity index (χ1v) is 7.42. The van der Waals surface area contributed by atoms with Crippen LogP contribution in [0, 0.1) is 5.92 Å². The summed E-state index contributed by atoms with van der Waals surface area (Å²) in [6.07, 6.45) is 4.03. The SMILES string of the molecule is CN1CCN(C(C)(CN)CC2CC2)c2ccccc21. The summed E-state index contributed by atoms with van der Waals surface area (Å²) in [6, 6.07) is 8.72. The molecule has 0 saturated heterocycles. The Bertz CT molecular complexity index is 455. The van der Waals surface area contributed by atoms with E-state index in [1.807, 2.05) is 0 Å². The van der Waals surface area contributed by atoms with Crippen molar-refractivity contribution in [2.75, 3.05) is 36.5 Å². The summed E-state index contributed by atoms with van der Waals surface area (Å²) in [5.41, 5.74) is 8.95. The number of nitrogens with zero attached hydrogens (tertiary/aromatic N) is 2. The molecule has 0 radical (unpaired) electrons. The van der Waals surface area contributed by atoms with Crippen LogP contribution in [-0.2, 0) is 0 Å². The molecule has 1 aliphatic carbocycles. The maximum absolute atomic E-state index is 6.15. The summed E-state index contributed by atoms with van der Waals surface area (Å²) in [4.78, 5) is 4.90. The smallest absolute Gasteiger partial charge is 0.0609 e. The molecule has 2 N–H and O–H groups in total. The van der Waals surface area contributed by atoms with Gasteiger partial charge in [-0.05, 0) is 31.4 Å². The van der Waals surface area contributed by atoms with Crippen molar-refractivity contribution in [3.63, 3.8) is 0 Å². The van der Waals surface area contributed by atoms with Crippen molar-refractivity contribution in [2.24, 2.45) is 11.7 Å². The summed E-state index contributed by atoms with van der Waals surface area (Å²) in [6.45, 7) is 5.24. The fraction of sp³-hybridized carbons (Fsp3) is 0.625. The summed E-state index contributed by atoms with van der Waals surface area (Å²) >= 11 is 0. The van der Waals surface area contributed by atoms with Crippen molar-refractivity contribution in [3.8, 4) is 0 Å². The molecule has 3 nitrogen and oxygen atoms in total. The number of fused-ring (bicyclic) bond motifs is 1. The van der Waals surface area contributed by atoms with E-state index in [1.165, 1.54) is 30.6 Å². The molecular formula is C16H25N3. The van der Waals surface area contributed by atoms with Gasteiger partial charge in [0.05, 0.1) is 11.4 Å². The normalized spacial score (nSPS) is 22.1. The third-order valence-corrected chi connectivity index (χ3v) is 4.76. The number of rotatable bonds is 4. The van der Waals surface area contributed by atoms with E-state index in [0.717, 1.165) is 25.6 Å². The van der Waals surface area contributed by atoms with Crippen LogP contribution >= 0.6 is 0 Å². The molecule has 1 unspecified atom stereocenters. The second kappa shape index (κ2) is 4.71. The molecule has 1 aromatic rings. The number of hydrogen-bond donors (Lipinski definition) is 1. The van der Waals surface area contributed by atoms with Crippen LogP contribution in [0.25, 0.3) is 0 Å². The van der Waals surface area contributed by atoms with Gasteiger partial charge in [0.15, 0.2) is 0 Å². The molecule has 1 fully saturated rings. The molecule has 0 spiro atoms. The van der Waals surface area contributed by atoms with E-state index in [1.54, 1.807) is 0 Å². The first kappa shape index (κ1) is 12.8. The van der Waals surface area contributed by atoms with Crippen LogP contribution in [0.2, 0.25) is 0 Å². The van der Waals surface area contributed by atoms with Gasteiger partial charge < -0.3 is 15.5 Å². The van der Waals surface area contributed by atoms with Crippen LogP contribution in [0.3, 0.4) is 0 Å². The van der Waals surface area contributed by atoms with Crippen LogP contribution < -0.4 is 15.5 Å². The zero-order chi connectivity index (χ0) is 13.5. The van der Waals surface area contributed by atoms with Crippen LogP contribution in [-0.4, -0.2) is 32.2 Å². The molecule has 3 heteroatoms. The van der Waals surface area contributed by atoms with E-state index >= 15 is 0 Å². The van der Waals surface area contributed by atoms with Gasteiger partial charge in [-0.25, -0.2) is 0 Å². The Kier molecular flexibility index (Phi) is 3.17. The number of likely N-dealkylation sites (N-methyl/N-ethyl adjacent to an activating group) is 1. The van der Waals surface area contributed by atoms with Gasteiger partial charge in [-0.2, -0.15) is 0 Å². The van der Waals surface area contributed by atoms with Crippen molar-refractivity contribution in [1.82, 2.24) is 0 Å². The molecular weight excluding hydrogens is 234 g/mol. The molecule has 1 saturated carbocycles. The Balaban J connectivity index is 1.93. The molecule has 19 heavy (non-hydrogen) atoms. The molecule has 0 amide bonds. The summed E-state index contributed by atoms with van der Waals surface area (Å²) in [5, 5.41) is 0. The lowest BCUT2D eigenvalue weighted by molar-refractivity contribution is 0.376. The Hall–Kier alpha value is -1.22. The Labute approximate surface area is 116 Å². The molecule has 0 aromatic heterocycles. The standard InChI is InChI=1S/C16H25N3/c1-16(12-17,11-13-7-8-13)19-10-9-18(2)14-5-3-4-6-15(14)19/h3-6,13H,7-12,17H2,1-2H3. The fourth-order valence-corrected chi connectivity index (χ4v) is 3.31. The topological polar surface area (TPSA) is 32.5 Å². The van der Waals surface area contributed by atoms with Gasteiger partial charge in [-0.1, -0.05) is 25.0 Å². The summed E-state index contributed by atoms with van der Waals surface area (Å²) < 4.78 is 0. The van der Waals surface area contributed by atoms with Gasteiger partial charge in [0.25, 0.3) is 0 Å². The van der Waals surface area contributed by atoms with Crippen LogP contribution in [0.5, 0.6) is 0 Å². The fourth-order valence-electron chi connectivity index (χ4n) is 3.31. The largest absolute Gasteiger partial charge is 0.371 e. The summed E-state index contributed by atoms with van der Waals surface area (Å²) in [5.74, 6) is 0.903. The third-order valence-electron chi connectivity index (χ3n) is 4.76. The van der Waals surface area contributed by atoms with E-state index < -0.39 is 0 Å². The lowest BCUT2D eigenvalue weighted by Crippen LogP contribution is -2.56. The van der Waals surface area contributed by atoms with Gasteiger partial charge in [0.2, 0.25) is 0 Å². The van der Waals surface area contributed by atoms with E-state index in [9.17, 15) is 0 Å². The first-order valence-electron chi connectivity index (χ1n) is 7.42. The monoisotopic (exact) mass is 259 g/mol. The van der Waals surface area contributed by atoms with Crippen molar-refractivity contribution in [2.45, 2.75) is 31.7 Å². The van der Waals surface area contributed by atoms with Gasteiger partial charge in [-0.3, -0.25) is 0 Å². The second-order valence-corrected chi connectivity index (χ2v) is 6.41. The number of benzene rings is 1. The van der Waals surface area contributed by atoms with E-state index in [2.05, 4.69) is 48.0 Å². The van der Waals surface area contributed by atoms with Crippen molar-refractivity contribution in [3.05, 3.63) is 24.3 Å². The predicted molar refractivity (Wildman–Crippen MR) is 81.9 cm³/mol. The molecule has 2 aliphatic rings. The highest BCUT2D eigenvalue weighted by Crippen LogP contribution is 2.42. The van der Waals surface area contributed by atoms with Crippen molar-refractivity contribution < 1.29 is 0 Å². The van der Waals surface area contributed by atoms with E-state index in [-0.39, 0.29) is 5.54 Å². The van der Waals surface area contributed by atoms with Crippen LogP contribution in [0.4, 0.5) is 11.4 Å². The molecule has 1 aromatic carbocycles. The number of para-hydroxylation sites is 2. The second-order valence-electron chi connectivity index (χ2n) is 6.41. The first-order chi connectivity index (χ1) is 9.14. The average molecular weight is 259 g/mol. The maximum Gasteiger partial charge on any atom is 0.0609 e. The third kappa shape index (κ3) is 2.32. The Morgan fingerprint density at radius 1 is 1.21 bits per heavy atom. The van der Waals surface area contributed by atoms with Crippen molar-refractivity contribution >= 4 is 11.4 Å². The zero-order valence-corrected chi connectivity index (χ0v) is 12.1. The predicted octanol–water partition coefficient (Wildman–Crippen LogP) is 2.46. The van der Waals surface area contributed by atoms with Gasteiger partial charge in [-0.15, -0.1) is 0 Å². The highest BCUT2D eigenvalue weighted by Gasteiger charge is 2.39. The van der Waals surface area contributed by atoms with E-state index in [0.29, 0.717) is 0 Å².